The van der Waals surface area contributed by atoms with Crippen molar-refractivity contribution >= 4 is 21.6 Å². The van der Waals surface area contributed by atoms with Crippen LogP contribution in [0.15, 0.2) is 44.5 Å². The van der Waals surface area contributed by atoms with E-state index in [1.165, 1.54) is 22.9 Å². The molecule has 0 aliphatic heterocycles. The van der Waals surface area contributed by atoms with Crippen molar-refractivity contribution in [2.75, 3.05) is 0 Å². The highest BCUT2D eigenvalue weighted by Gasteiger charge is 2.07. The van der Waals surface area contributed by atoms with Crippen LogP contribution in [0, 0.1) is 10.1 Å². The third-order valence-electron chi connectivity index (χ3n) is 2.44. The van der Waals surface area contributed by atoms with Gasteiger partial charge in [0.15, 0.2) is 0 Å². The molecule has 19 heavy (non-hydrogen) atoms. The Kier molecular flexibility index (Phi) is 3.61. The van der Waals surface area contributed by atoms with Crippen molar-refractivity contribution in [3.63, 3.8) is 0 Å². The van der Waals surface area contributed by atoms with Crippen LogP contribution in [-0.2, 0) is 6.54 Å². The molecule has 0 aliphatic carbocycles. The molecule has 1 heterocycles. The number of H-pyrrole nitrogens is 1. The number of hydrogen-bond acceptors (Lipinski definition) is 4. The molecule has 0 radical (unpaired) electrons. The van der Waals surface area contributed by atoms with E-state index >= 15 is 0 Å². The van der Waals surface area contributed by atoms with Crippen LogP contribution in [0.3, 0.4) is 0 Å². The van der Waals surface area contributed by atoms with Crippen LogP contribution in [0.5, 0.6) is 0 Å². The zero-order chi connectivity index (χ0) is 14.0. The minimum absolute atomic E-state index is 0.0472. The summed E-state index contributed by atoms with van der Waals surface area (Å²) in [7, 11) is 0. The monoisotopic (exact) mass is 325 g/mol. The van der Waals surface area contributed by atoms with Crippen LogP contribution in [-0.4, -0.2) is 14.5 Å². The van der Waals surface area contributed by atoms with Crippen LogP contribution in [0.2, 0.25) is 0 Å². The summed E-state index contributed by atoms with van der Waals surface area (Å²) in [5, 5.41) is 10.7. The van der Waals surface area contributed by atoms with Crippen LogP contribution in [0.1, 0.15) is 5.56 Å². The first-order valence-electron chi connectivity index (χ1n) is 5.20. The molecule has 1 N–H and O–H groups in total. The average Bonchev–Trinajstić information content (AvgIpc) is 2.36. The molecule has 8 heteroatoms. The summed E-state index contributed by atoms with van der Waals surface area (Å²) in [5.74, 6) is 0. The lowest BCUT2D eigenvalue weighted by molar-refractivity contribution is -0.384. The molecule has 1 aromatic heterocycles. The topological polar surface area (TPSA) is 98.0 Å². The highest BCUT2D eigenvalue weighted by atomic mass is 79.9. The Hall–Kier alpha value is -2.22. The van der Waals surface area contributed by atoms with Gasteiger partial charge in [-0.25, -0.2) is 4.79 Å². The van der Waals surface area contributed by atoms with Gasteiger partial charge in [0.25, 0.3) is 11.2 Å². The first-order chi connectivity index (χ1) is 8.97. The molecule has 98 valence electrons. The molecule has 0 fully saturated rings. The smallest absolute Gasteiger partial charge is 0.295 e. The zero-order valence-corrected chi connectivity index (χ0v) is 11.1. The van der Waals surface area contributed by atoms with E-state index in [-0.39, 0.29) is 16.7 Å². The predicted octanol–water partition coefficient (Wildman–Crippen LogP) is 1.26. The highest BCUT2D eigenvalue weighted by molar-refractivity contribution is 9.10. The maximum Gasteiger partial charge on any atom is 0.328 e. The fraction of sp³-hybridized carbons (Fsp3) is 0.0909. The third-order valence-corrected chi connectivity index (χ3v) is 3.01. The Morgan fingerprint density at radius 3 is 2.79 bits per heavy atom. The number of aromatic nitrogens is 2. The zero-order valence-electron chi connectivity index (χ0n) is 9.50. The molecule has 1 aromatic carbocycles. The lowest BCUT2D eigenvalue weighted by Crippen LogP contribution is -2.30. The number of nitro groups is 1. The van der Waals surface area contributed by atoms with E-state index in [0.29, 0.717) is 5.56 Å². The highest BCUT2D eigenvalue weighted by Crippen LogP contribution is 2.13. The normalized spacial score (nSPS) is 10.4. The Bertz CT molecular complexity index is 750. The number of rotatable bonds is 3. The van der Waals surface area contributed by atoms with Crippen LogP contribution in [0.4, 0.5) is 5.69 Å². The van der Waals surface area contributed by atoms with Crippen molar-refractivity contribution in [1.29, 1.82) is 0 Å². The number of benzene rings is 1. The van der Waals surface area contributed by atoms with Gasteiger partial charge in [-0.1, -0.05) is 12.1 Å². The minimum Gasteiger partial charge on any atom is -0.295 e. The van der Waals surface area contributed by atoms with E-state index in [1.54, 1.807) is 12.1 Å². The molecule has 2 aromatic rings. The van der Waals surface area contributed by atoms with Crippen LogP contribution >= 0.6 is 15.9 Å². The van der Waals surface area contributed by atoms with Gasteiger partial charge < -0.3 is 0 Å². The van der Waals surface area contributed by atoms with Gasteiger partial charge >= 0.3 is 5.69 Å². The number of nitro benzene ring substituents is 1. The second-order valence-electron chi connectivity index (χ2n) is 3.79. The summed E-state index contributed by atoms with van der Waals surface area (Å²) < 4.78 is 1.47. The quantitative estimate of drug-likeness (QED) is 0.678. The van der Waals surface area contributed by atoms with Crippen LogP contribution in [0.25, 0.3) is 0 Å². The Labute approximate surface area is 114 Å². The predicted molar refractivity (Wildman–Crippen MR) is 71.2 cm³/mol. The van der Waals surface area contributed by atoms with Gasteiger partial charge in [-0.05, 0) is 21.5 Å². The number of nitrogens with one attached hydrogen (secondary N) is 1. The summed E-state index contributed by atoms with van der Waals surface area (Å²) in [6, 6.07) is 5.96. The van der Waals surface area contributed by atoms with Gasteiger partial charge in [0, 0.05) is 18.3 Å². The first kappa shape index (κ1) is 13.2. The maximum atomic E-state index is 11.6. The molecule has 0 saturated carbocycles. The number of aromatic amines is 1. The van der Waals surface area contributed by atoms with Crippen LogP contribution < -0.4 is 11.2 Å². The van der Waals surface area contributed by atoms with Crippen molar-refractivity contribution in [3.8, 4) is 0 Å². The Morgan fingerprint density at radius 1 is 1.37 bits per heavy atom. The molecule has 0 amide bonds. The van der Waals surface area contributed by atoms with E-state index in [9.17, 15) is 19.7 Å². The number of hydrogen-bond donors (Lipinski definition) is 1. The van der Waals surface area contributed by atoms with E-state index in [0.717, 1.165) is 0 Å². The number of halogens is 1. The van der Waals surface area contributed by atoms with Gasteiger partial charge in [0.05, 0.1) is 15.9 Å². The van der Waals surface area contributed by atoms with Gasteiger partial charge in [-0.15, -0.1) is 0 Å². The Balaban J connectivity index is 2.39. The molecule has 0 bridgehead atoms. The minimum atomic E-state index is -0.570. The molecule has 0 atom stereocenters. The lowest BCUT2D eigenvalue weighted by atomic mass is 10.2. The van der Waals surface area contributed by atoms with Crippen molar-refractivity contribution < 1.29 is 4.92 Å². The fourth-order valence-corrected chi connectivity index (χ4v) is 1.91. The lowest BCUT2D eigenvalue weighted by Gasteiger charge is -2.05. The van der Waals surface area contributed by atoms with E-state index in [2.05, 4.69) is 20.9 Å². The SMILES string of the molecule is O=c1[nH]c(=O)n(Cc2cccc([N+](=O)[O-])c2)cc1Br. The summed E-state index contributed by atoms with van der Waals surface area (Å²) in [6.07, 6.45) is 1.35. The second-order valence-corrected chi connectivity index (χ2v) is 4.65. The molecule has 0 saturated heterocycles. The van der Waals surface area contributed by atoms with Crippen molar-refractivity contribution in [2.45, 2.75) is 6.54 Å². The molecule has 0 aliphatic rings. The average molecular weight is 326 g/mol. The van der Waals surface area contributed by atoms with Gasteiger partial charge in [-0.2, -0.15) is 0 Å². The molecule has 0 unspecified atom stereocenters. The van der Waals surface area contributed by atoms with Gasteiger partial charge in [-0.3, -0.25) is 24.5 Å². The summed E-state index contributed by atoms with van der Waals surface area (Å²) in [4.78, 5) is 35.0. The van der Waals surface area contributed by atoms with Crippen molar-refractivity contribution in [2.24, 2.45) is 0 Å². The summed E-state index contributed by atoms with van der Waals surface area (Å²) >= 11 is 3.02. The number of non-ortho nitro benzene ring substituents is 1. The third kappa shape index (κ3) is 2.97. The second kappa shape index (κ2) is 5.19. The standard InChI is InChI=1S/C11H8BrN3O4/c12-9-6-14(11(17)13-10(9)16)5-7-2-1-3-8(4-7)15(18)19/h1-4,6H,5H2,(H,13,16,17). The summed E-state index contributed by atoms with van der Waals surface area (Å²) in [6.45, 7) is 0.135. The maximum absolute atomic E-state index is 11.6. The van der Waals surface area contributed by atoms with E-state index < -0.39 is 16.2 Å². The number of nitrogens with zero attached hydrogens (tertiary/aromatic N) is 2. The van der Waals surface area contributed by atoms with Gasteiger partial charge in [0.1, 0.15) is 0 Å². The first-order valence-corrected chi connectivity index (χ1v) is 5.99. The fourth-order valence-electron chi connectivity index (χ4n) is 1.57. The van der Waals surface area contributed by atoms with E-state index in [1.807, 2.05) is 0 Å². The molecular weight excluding hydrogens is 318 g/mol. The molecule has 7 nitrogen and oxygen atoms in total. The molecule has 2 rings (SSSR count). The van der Waals surface area contributed by atoms with Crippen molar-refractivity contribution in [1.82, 2.24) is 9.55 Å². The largest absolute Gasteiger partial charge is 0.328 e. The molecule has 0 spiro atoms. The Morgan fingerprint density at radius 2 is 2.11 bits per heavy atom. The molecular formula is C11H8BrN3O4. The van der Waals surface area contributed by atoms with E-state index in [4.69, 9.17) is 0 Å². The van der Waals surface area contributed by atoms with Gasteiger partial charge in [0.2, 0.25) is 0 Å². The van der Waals surface area contributed by atoms with Crippen molar-refractivity contribution in [3.05, 3.63) is 71.5 Å². The summed E-state index contributed by atoms with van der Waals surface area (Å²) in [5.41, 5.74) is -0.538.